The van der Waals surface area contributed by atoms with Crippen LogP contribution in [0.25, 0.3) is 11.1 Å². The Labute approximate surface area is 85.8 Å². The highest BCUT2D eigenvalue weighted by atomic mass is 16.5. The van der Waals surface area contributed by atoms with E-state index in [4.69, 9.17) is 4.74 Å². The molecule has 0 aliphatic heterocycles. The Morgan fingerprint density at radius 2 is 2.13 bits per heavy atom. The van der Waals surface area contributed by atoms with Gasteiger partial charge in [0.15, 0.2) is 0 Å². The summed E-state index contributed by atoms with van der Waals surface area (Å²) in [6.45, 7) is 0. The van der Waals surface area contributed by atoms with Crippen molar-refractivity contribution in [3.63, 3.8) is 0 Å². The minimum atomic E-state index is -0.194. The molecule has 0 aliphatic carbocycles. The highest BCUT2D eigenvalue weighted by molar-refractivity contribution is 5.61. The van der Waals surface area contributed by atoms with E-state index >= 15 is 0 Å². The van der Waals surface area contributed by atoms with Gasteiger partial charge in [0.05, 0.1) is 25.2 Å². The first-order valence-corrected chi connectivity index (χ1v) is 4.33. The van der Waals surface area contributed by atoms with E-state index in [1.807, 2.05) is 0 Å². The zero-order valence-electron chi connectivity index (χ0n) is 8.10. The minimum absolute atomic E-state index is 0.194. The van der Waals surface area contributed by atoms with Gasteiger partial charge < -0.3 is 9.72 Å². The van der Waals surface area contributed by atoms with E-state index in [0.717, 1.165) is 0 Å². The number of methoxy groups -OCH3 is 1. The van der Waals surface area contributed by atoms with Gasteiger partial charge in [-0.05, 0) is 6.07 Å². The summed E-state index contributed by atoms with van der Waals surface area (Å²) in [7, 11) is 1.55. The van der Waals surface area contributed by atoms with E-state index < -0.39 is 0 Å². The third-order valence-corrected chi connectivity index (χ3v) is 1.98. The molecule has 0 aromatic carbocycles. The summed E-state index contributed by atoms with van der Waals surface area (Å²) in [5, 5.41) is 0. The number of rotatable bonds is 2. The van der Waals surface area contributed by atoms with Crippen molar-refractivity contribution in [1.82, 2.24) is 15.0 Å². The van der Waals surface area contributed by atoms with Crippen LogP contribution in [0, 0.1) is 0 Å². The van der Waals surface area contributed by atoms with Crippen LogP contribution in [0.15, 0.2) is 35.8 Å². The Morgan fingerprint density at radius 3 is 2.87 bits per heavy atom. The Hall–Kier alpha value is -2.17. The number of aromatic nitrogens is 3. The standard InChI is InChI=1S/C10H9N3O2/c1-15-8-2-7(3-11-4-8)9-5-12-6-13-10(9)14/h2-6H,1H3,(H,12,13,14). The number of nitrogens with one attached hydrogen (secondary N) is 1. The molecule has 1 N–H and O–H groups in total. The maximum atomic E-state index is 11.5. The summed E-state index contributed by atoms with van der Waals surface area (Å²) in [4.78, 5) is 21.8. The Kier molecular flexibility index (Phi) is 2.45. The van der Waals surface area contributed by atoms with Gasteiger partial charge in [0.25, 0.3) is 5.56 Å². The minimum Gasteiger partial charge on any atom is -0.495 e. The van der Waals surface area contributed by atoms with Crippen LogP contribution in [0.3, 0.4) is 0 Å². The smallest absolute Gasteiger partial charge is 0.258 e. The molecule has 2 rings (SSSR count). The van der Waals surface area contributed by atoms with Crippen LogP contribution in [0.1, 0.15) is 0 Å². The first-order chi connectivity index (χ1) is 7.31. The maximum absolute atomic E-state index is 11.5. The second-order valence-corrected chi connectivity index (χ2v) is 2.91. The highest BCUT2D eigenvalue weighted by Crippen LogP contribution is 2.18. The van der Waals surface area contributed by atoms with Crippen molar-refractivity contribution in [1.29, 1.82) is 0 Å². The van der Waals surface area contributed by atoms with E-state index in [1.54, 1.807) is 25.6 Å². The molecule has 0 amide bonds. The van der Waals surface area contributed by atoms with Crippen molar-refractivity contribution in [2.45, 2.75) is 0 Å². The zero-order chi connectivity index (χ0) is 10.7. The van der Waals surface area contributed by atoms with Crippen LogP contribution in [0.2, 0.25) is 0 Å². The molecule has 0 unspecified atom stereocenters. The van der Waals surface area contributed by atoms with E-state index in [1.165, 1.54) is 12.5 Å². The van der Waals surface area contributed by atoms with Crippen molar-refractivity contribution >= 4 is 0 Å². The molecule has 0 spiro atoms. The molecule has 76 valence electrons. The zero-order valence-corrected chi connectivity index (χ0v) is 8.10. The average molecular weight is 203 g/mol. The van der Waals surface area contributed by atoms with Crippen LogP contribution < -0.4 is 10.3 Å². The third-order valence-electron chi connectivity index (χ3n) is 1.98. The molecule has 2 aromatic heterocycles. The number of nitrogens with zero attached hydrogens (tertiary/aromatic N) is 2. The van der Waals surface area contributed by atoms with Gasteiger partial charge in [-0.1, -0.05) is 0 Å². The first kappa shape index (κ1) is 9.39. The van der Waals surface area contributed by atoms with Crippen LogP contribution in [-0.2, 0) is 0 Å². The van der Waals surface area contributed by atoms with Gasteiger partial charge in [0.2, 0.25) is 0 Å². The van der Waals surface area contributed by atoms with Gasteiger partial charge in [0.1, 0.15) is 5.75 Å². The summed E-state index contributed by atoms with van der Waals surface area (Å²) >= 11 is 0. The van der Waals surface area contributed by atoms with Gasteiger partial charge in [-0.3, -0.25) is 9.78 Å². The molecule has 0 radical (unpaired) electrons. The van der Waals surface area contributed by atoms with Crippen LogP contribution in [-0.4, -0.2) is 22.1 Å². The number of aromatic amines is 1. The lowest BCUT2D eigenvalue weighted by Gasteiger charge is -2.02. The number of pyridine rings is 1. The molecule has 2 aromatic rings. The molecular weight excluding hydrogens is 194 g/mol. The van der Waals surface area contributed by atoms with Gasteiger partial charge >= 0.3 is 0 Å². The van der Waals surface area contributed by atoms with Crippen molar-refractivity contribution in [2.24, 2.45) is 0 Å². The molecule has 2 heterocycles. The van der Waals surface area contributed by atoms with E-state index in [9.17, 15) is 4.79 Å². The number of hydrogen-bond acceptors (Lipinski definition) is 4. The van der Waals surface area contributed by atoms with Gasteiger partial charge in [-0.2, -0.15) is 0 Å². The summed E-state index contributed by atoms with van der Waals surface area (Å²) in [6, 6.07) is 1.74. The lowest BCUT2D eigenvalue weighted by Crippen LogP contribution is -2.08. The van der Waals surface area contributed by atoms with Crippen LogP contribution in [0.4, 0.5) is 0 Å². The molecule has 0 saturated carbocycles. The highest BCUT2D eigenvalue weighted by Gasteiger charge is 2.04. The molecule has 0 atom stereocenters. The molecular formula is C10H9N3O2. The second-order valence-electron chi connectivity index (χ2n) is 2.91. The summed E-state index contributed by atoms with van der Waals surface area (Å²) in [6.07, 6.45) is 6.01. The van der Waals surface area contributed by atoms with Crippen LogP contribution >= 0.6 is 0 Å². The fourth-order valence-electron chi connectivity index (χ4n) is 1.23. The lowest BCUT2D eigenvalue weighted by atomic mass is 10.1. The predicted octanol–water partition coefficient (Wildman–Crippen LogP) is 0.840. The predicted molar refractivity (Wildman–Crippen MR) is 54.6 cm³/mol. The summed E-state index contributed by atoms with van der Waals surface area (Å²) in [5.41, 5.74) is 0.965. The molecule has 0 bridgehead atoms. The molecule has 0 aliphatic rings. The van der Waals surface area contributed by atoms with Crippen molar-refractivity contribution < 1.29 is 4.74 Å². The fourth-order valence-corrected chi connectivity index (χ4v) is 1.23. The Bertz CT molecular complexity index is 522. The normalized spacial score (nSPS) is 9.93. The molecule has 5 heteroatoms. The maximum Gasteiger partial charge on any atom is 0.258 e. The SMILES string of the molecule is COc1cncc(-c2cnc[nH]c2=O)c1. The van der Waals surface area contributed by atoms with Crippen molar-refractivity contribution in [3.05, 3.63) is 41.3 Å². The van der Waals surface area contributed by atoms with Crippen molar-refractivity contribution in [2.75, 3.05) is 7.11 Å². The van der Waals surface area contributed by atoms with Crippen LogP contribution in [0.5, 0.6) is 5.75 Å². The monoisotopic (exact) mass is 203 g/mol. The number of hydrogen-bond donors (Lipinski definition) is 1. The van der Waals surface area contributed by atoms with E-state index in [-0.39, 0.29) is 5.56 Å². The molecule has 15 heavy (non-hydrogen) atoms. The number of H-pyrrole nitrogens is 1. The molecule has 0 fully saturated rings. The fraction of sp³-hybridized carbons (Fsp3) is 0.100. The first-order valence-electron chi connectivity index (χ1n) is 4.33. The van der Waals surface area contributed by atoms with Crippen molar-refractivity contribution in [3.8, 4) is 16.9 Å². The topological polar surface area (TPSA) is 67.9 Å². The molecule has 5 nitrogen and oxygen atoms in total. The van der Waals surface area contributed by atoms with Gasteiger partial charge in [-0.25, -0.2) is 4.98 Å². The summed E-state index contributed by atoms with van der Waals surface area (Å²) < 4.78 is 5.02. The Balaban J connectivity index is 2.54. The number of ether oxygens (including phenoxy) is 1. The van der Waals surface area contributed by atoms with Gasteiger partial charge in [-0.15, -0.1) is 0 Å². The quantitative estimate of drug-likeness (QED) is 0.785. The van der Waals surface area contributed by atoms with Gasteiger partial charge in [0, 0.05) is 18.0 Å². The second kappa shape index (κ2) is 3.91. The summed E-state index contributed by atoms with van der Waals surface area (Å²) in [5.74, 6) is 0.607. The lowest BCUT2D eigenvalue weighted by molar-refractivity contribution is 0.413. The average Bonchev–Trinajstić information content (AvgIpc) is 2.30. The third kappa shape index (κ3) is 1.85. The Morgan fingerprint density at radius 1 is 1.27 bits per heavy atom. The van der Waals surface area contributed by atoms with E-state index in [0.29, 0.717) is 16.9 Å². The largest absolute Gasteiger partial charge is 0.495 e. The molecule has 0 saturated heterocycles. The van der Waals surface area contributed by atoms with E-state index in [2.05, 4.69) is 15.0 Å².